The van der Waals surface area contributed by atoms with E-state index in [4.69, 9.17) is 106 Å². The Labute approximate surface area is 351 Å². The third-order valence-electron chi connectivity index (χ3n) is 5.17. The first kappa shape index (κ1) is 48.0. The van der Waals surface area contributed by atoms with E-state index in [1.165, 1.54) is 33.6 Å². The number of nitrogens with zero attached hydrogens (tertiary/aromatic N) is 2. The number of para-hydroxylation sites is 1. The molecule has 0 aliphatic heterocycles. The zero-order valence-corrected chi connectivity index (χ0v) is 35.2. The van der Waals surface area contributed by atoms with Crippen molar-refractivity contribution in [2.24, 2.45) is 0 Å². The first-order chi connectivity index (χ1) is 25.4. The molecule has 4 aromatic heterocycles. The van der Waals surface area contributed by atoms with E-state index in [0.29, 0.717) is 52.3 Å². The van der Waals surface area contributed by atoms with Crippen LogP contribution in [0.4, 0.5) is 17.3 Å². The highest BCUT2D eigenvalue weighted by Gasteiger charge is 2.13. The van der Waals surface area contributed by atoms with Crippen molar-refractivity contribution < 1.29 is 39.6 Å². The highest BCUT2D eigenvalue weighted by Crippen LogP contribution is 2.25. The molecule has 1 atom stereocenters. The molecule has 290 valence electrons. The molecule has 12 N–H and O–H groups in total. The van der Waals surface area contributed by atoms with E-state index in [2.05, 4.69) is 45.6 Å². The fraction of sp³-hybridized carbons (Fsp3) is 0.154. The van der Waals surface area contributed by atoms with Gasteiger partial charge in [-0.15, -0.1) is 0 Å². The van der Waals surface area contributed by atoms with Crippen LogP contribution in [0.3, 0.4) is 0 Å². The quantitative estimate of drug-likeness (QED) is 0.0371. The average molecular weight is 929 g/mol. The first-order valence-corrected chi connectivity index (χ1v) is 19.2. The Hall–Kier alpha value is -3.97. The number of carboxylic acid groups (broad SMARTS) is 3. The number of nitrogens with one attached hydrogen (secondary N) is 8. The maximum absolute atomic E-state index is 11.0. The lowest BCUT2D eigenvalue weighted by Crippen LogP contribution is -2.26. The number of anilines is 3. The van der Waals surface area contributed by atoms with Gasteiger partial charge in [0.15, 0.2) is 25.7 Å². The third-order valence-corrected chi connectivity index (χ3v) is 9.45. The number of carbonyl (C=O) groups excluding carboxylic acids is 1. The molecule has 0 aliphatic carbocycles. The summed E-state index contributed by atoms with van der Waals surface area (Å²) in [7, 11) is 1.64. The molecule has 5 aromatic rings. The van der Waals surface area contributed by atoms with Gasteiger partial charge in [-0.25, -0.2) is 4.79 Å². The summed E-state index contributed by atoms with van der Waals surface area (Å²) in [5.41, 5.74) is -0.335. The molecule has 28 heteroatoms. The second-order valence-electron chi connectivity index (χ2n) is 9.18. The van der Waals surface area contributed by atoms with E-state index in [0.717, 1.165) is 11.8 Å². The summed E-state index contributed by atoms with van der Waals surface area (Å²) < 4.78 is 4.14. The van der Waals surface area contributed by atoms with Crippen LogP contribution in [0.5, 0.6) is 0 Å². The van der Waals surface area contributed by atoms with Crippen LogP contribution >= 0.6 is 120 Å². The van der Waals surface area contributed by atoms with Gasteiger partial charge in [0, 0.05) is 19.2 Å². The topological polar surface area (TPSA) is 288 Å². The monoisotopic (exact) mass is 928 g/mol. The summed E-state index contributed by atoms with van der Waals surface area (Å²) >= 11 is 37.4. The number of rotatable bonds is 10. The summed E-state index contributed by atoms with van der Waals surface area (Å²) in [6.07, 6.45) is -0.309. The van der Waals surface area contributed by atoms with E-state index in [1.807, 2.05) is 6.79 Å². The standard InChI is InChI=1S/C11H9N3O2S2.C7H9N3O2S2.C5H6N2O3S3.C2H2N2S3.CH2O/c15-10(16)6-3-1-2-4-7(6)12-8-5-9(17)14-11(18)13-8;1-10(3-6(11)12)4-2-5(13)9-7(14)8-4;8-2(9)1-3(10)12-5-7-6-4(11)13-5;5-1-3-4-2(6)7-1;1-2/h1-5H,(H,15,16)(H3,12,13,14,17,18);2H,3H2,1H3,(H,11,12)(H2,8,9,13,14);3,10H,1H2,(H,6,11)(H,8,9);(H,3,5)(H,4,6);1H2. The van der Waals surface area contributed by atoms with Crippen molar-refractivity contribution in [1.82, 2.24) is 40.3 Å². The number of hydrogen-bond donors (Lipinski definition) is 12. The molecular weight excluding hydrogens is 901 g/mol. The fourth-order valence-electron chi connectivity index (χ4n) is 3.22. The maximum Gasteiger partial charge on any atom is 0.337 e. The van der Waals surface area contributed by atoms with Crippen LogP contribution in [0.15, 0.2) is 40.7 Å². The van der Waals surface area contributed by atoms with E-state index >= 15 is 0 Å². The number of H-pyrrole nitrogens is 7. The molecular formula is C26H28N10O8S10. The second-order valence-corrected chi connectivity index (χ2v) is 16.3. The predicted molar refractivity (Wildman–Crippen MR) is 224 cm³/mol. The van der Waals surface area contributed by atoms with Gasteiger partial charge in [0.1, 0.15) is 39.7 Å². The van der Waals surface area contributed by atoms with Crippen molar-refractivity contribution in [3.63, 3.8) is 0 Å². The van der Waals surface area contributed by atoms with Crippen molar-refractivity contribution in [1.29, 1.82) is 0 Å². The summed E-state index contributed by atoms with van der Waals surface area (Å²) in [4.78, 5) is 52.3. The molecule has 0 aliphatic rings. The van der Waals surface area contributed by atoms with Crippen LogP contribution in [-0.2, 0) is 14.4 Å². The maximum atomic E-state index is 11.0. The molecule has 0 fully saturated rings. The van der Waals surface area contributed by atoms with Gasteiger partial charge in [-0.1, -0.05) is 71.0 Å². The van der Waals surface area contributed by atoms with E-state index in [9.17, 15) is 19.5 Å². The van der Waals surface area contributed by atoms with E-state index in [-0.39, 0.29) is 18.5 Å². The molecule has 1 aromatic carbocycles. The summed E-state index contributed by atoms with van der Waals surface area (Å²) in [5, 5.41) is 49.7. The Morgan fingerprint density at radius 1 is 0.852 bits per heavy atom. The molecule has 0 bridgehead atoms. The van der Waals surface area contributed by atoms with Crippen molar-refractivity contribution in [2.75, 3.05) is 23.8 Å². The predicted octanol–water partition coefficient (Wildman–Crippen LogP) is 7.33. The van der Waals surface area contributed by atoms with Gasteiger partial charge in [-0.2, -0.15) is 5.10 Å². The zero-order chi connectivity index (χ0) is 41.0. The Bertz CT molecular complexity index is 2330. The Morgan fingerprint density at radius 2 is 1.43 bits per heavy atom. The highest BCUT2D eigenvalue weighted by molar-refractivity contribution is 8.01. The number of hydrogen-bond acceptors (Lipinski definition) is 18. The number of carbonyl (C=O) groups is 4. The van der Waals surface area contributed by atoms with Crippen molar-refractivity contribution in [3.8, 4) is 0 Å². The number of carboxylic acids is 3. The lowest BCUT2D eigenvalue weighted by molar-refractivity contribution is -0.138. The Balaban J connectivity index is 0.000000368. The number of benzene rings is 1. The van der Waals surface area contributed by atoms with Gasteiger partial charge >= 0.3 is 17.9 Å². The number of aliphatic hydroxyl groups excluding tert-OH is 1. The Morgan fingerprint density at radius 3 is 1.89 bits per heavy atom. The molecule has 18 nitrogen and oxygen atoms in total. The van der Waals surface area contributed by atoms with Gasteiger partial charge in [0.2, 0.25) is 0 Å². The van der Waals surface area contributed by atoms with E-state index in [1.54, 1.807) is 37.4 Å². The lowest BCUT2D eigenvalue weighted by Gasteiger charge is -2.15. The van der Waals surface area contributed by atoms with Crippen LogP contribution in [0, 0.1) is 30.7 Å². The van der Waals surface area contributed by atoms with Gasteiger partial charge in [-0.3, -0.25) is 24.9 Å². The first-order valence-electron chi connectivity index (χ1n) is 13.8. The summed E-state index contributed by atoms with van der Waals surface area (Å²) in [6.45, 7) is 1.89. The molecule has 0 radical (unpaired) electrons. The minimum Gasteiger partial charge on any atom is -0.481 e. The molecule has 5 rings (SSSR count). The van der Waals surface area contributed by atoms with Crippen molar-refractivity contribution in [2.45, 2.75) is 16.2 Å². The molecule has 0 saturated heterocycles. The third kappa shape index (κ3) is 19.9. The number of thioether (sulfide) groups is 1. The number of likely N-dealkylation sites (N-methyl/N-ethyl adjacent to an activating group) is 1. The summed E-state index contributed by atoms with van der Waals surface area (Å²) in [5.74, 6) is -1.83. The fourth-order valence-corrected chi connectivity index (χ4v) is 7.47. The zero-order valence-electron chi connectivity index (χ0n) is 27.1. The molecule has 0 amide bonds. The number of aromatic amines is 7. The lowest BCUT2D eigenvalue weighted by atomic mass is 10.2. The minimum atomic E-state index is -1.04. The number of aliphatic hydroxyl groups is 1. The number of aromatic nitrogens is 8. The van der Waals surface area contributed by atoms with Crippen LogP contribution in [0.2, 0.25) is 0 Å². The molecule has 1 unspecified atom stereocenters. The largest absolute Gasteiger partial charge is 0.481 e. The van der Waals surface area contributed by atoms with Gasteiger partial charge < -0.3 is 55.4 Å². The van der Waals surface area contributed by atoms with Gasteiger partial charge in [0.25, 0.3) is 0 Å². The Kier molecular flexibility index (Phi) is 22.4. The van der Waals surface area contributed by atoms with Crippen molar-refractivity contribution in [3.05, 3.63) is 72.6 Å². The van der Waals surface area contributed by atoms with Crippen LogP contribution in [-0.4, -0.2) is 104 Å². The van der Waals surface area contributed by atoms with Gasteiger partial charge in [-0.05, 0) is 73.2 Å². The molecule has 4 heterocycles. The van der Waals surface area contributed by atoms with Crippen molar-refractivity contribution >= 4 is 162 Å². The van der Waals surface area contributed by atoms with Crippen LogP contribution in [0.25, 0.3) is 0 Å². The smallest absolute Gasteiger partial charge is 0.337 e. The van der Waals surface area contributed by atoms with Crippen LogP contribution in [0.1, 0.15) is 16.8 Å². The van der Waals surface area contributed by atoms with Gasteiger partial charge in [0.05, 0.1) is 17.7 Å². The number of aromatic carboxylic acids is 1. The average Bonchev–Trinajstić information content (AvgIpc) is 3.66. The molecule has 0 spiro atoms. The number of aliphatic carboxylic acids is 2. The van der Waals surface area contributed by atoms with E-state index < -0.39 is 23.3 Å². The summed E-state index contributed by atoms with van der Waals surface area (Å²) in [6, 6.07) is 9.84. The normalized spacial score (nSPS) is 10.2. The molecule has 54 heavy (non-hydrogen) atoms. The second kappa shape index (κ2) is 25.2. The highest BCUT2D eigenvalue weighted by atomic mass is 32.2. The van der Waals surface area contributed by atoms with Crippen LogP contribution < -0.4 is 10.2 Å². The minimum absolute atomic E-state index is 0.107. The molecule has 0 saturated carbocycles. The SMILES string of the molecule is C=O.CN(CC(=O)O)c1cc(=S)[nH]c(=S)[nH]1.O=C(O)CC(O)Sc1n[nH]c(=S)s1.O=C(O)c1ccccc1Nc1cc(=S)[nH]c(=S)[nH]1.S=c1[nH][nH]c(=S)s1.